The van der Waals surface area contributed by atoms with Crippen LogP contribution in [0, 0.1) is 0 Å². The molecular formula is C31H40N2O4SSi. The normalized spacial score (nSPS) is 16.1. The summed E-state index contributed by atoms with van der Waals surface area (Å²) >= 11 is 1.68. The summed E-state index contributed by atoms with van der Waals surface area (Å²) in [5.41, 5.74) is 10.7. The van der Waals surface area contributed by atoms with Crippen LogP contribution in [0.5, 0.6) is 11.5 Å². The van der Waals surface area contributed by atoms with Crippen molar-refractivity contribution in [2.24, 2.45) is 0 Å². The fourth-order valence-electron chi connectivity index (χ4n) is 4.33. The maximum atomic E-state index is 14.0. The standard InChI is InChI=1S/C31H40N2O4SSi/c1-31(2,3)39(5,6)37-20-25-16-23(24-13-15-38-21-24)12-14-33(25)30(34)26-17-28(35-4)29(18-27(26)32)36-19-22-10-8-7-9-11-22/h7-13,15,17-18,21,25H,14,16,19-20,32H2,1-6H3/t25-/m0/s1. The van der Waals surface area contributed by atoms with E-state index in [0.29, 0.717) is 42.5 Å². The molecule has 0 bridgehead atoms. The number of carbonyl (C=O) groups excluding carboxylic acids is 1. The van der Waals surface area contributed by atoms with Crippen LogP contribution in [0.15, 0.2) is 65.4 Å². The van der Waals surface area contributed by atoms with Crippen LogP contribution < -0.4 is 15.2 Å². The Hall–Kier alpha value is -3.07. The second kappa shape index (κ2) is 12.0. The number of anilines is 1. The summed E-state index contributed by atoms with van der Waals surface area (Å²) in [4.78, 5) is 15.9. The molecule has 0 spiro atoms. The van der Waals surface area contributed by atoms with Crippen LogP contribution >= 0.6 is 11.3 Å². The van der Waals surface area contributed by atoms with E-state index >= 15 is 0 Å². The Kier molecular flexibility index (Phi) is 8.89. The van der Waals surface area contributed by atoms with Gasteiger partial charge in [0.2, 0.25) is 0 Å². The molecule has 1 amide bonds. The zero-order chi connectivity index (χ0) is 28.2. The number of methoxy groups -OCH3 is 1. The smallest absolute Gasteiger partial charge is 0.256 e. The Labute approximate surface area is 237 Å². The van der Waals surface area contributed by atoms with Gasteiger partial charge in [-0.25, -0.2) is 0 Å². The van der Waals surface area contributed by atoms with Gasteiger partial charge in [-0.1, -0.05) is 57.2 Å². The van der Waals surface area contributed by atoms with E-state index in [9.17, 15) is 4.79 Å². The minimum atomic E-state index is -2.01. The first kappa shape index (κ1) is 28.9. The van der Waals surface area contributed by atoms with Gasteiger partial charge in [-0.05, 0) is 64.1 Å². The lowest BCUT2D eigenvalue weighted by atomic mass is 9.95. The average Bonchev–Trinajstić information content (AvgIpc) is 3.45. The third-order valence-electron chi connectivity index (χ3n) is 7.83. The molecule has 1 atom stereocenters. The molecule has 3 aromatic rings. The van der Waals surface area contributed by atoms with Gasteiger partial charge in [0.1, 0.15) is 6.61 Å². The summed E-state index contributed by atoms with van der Waals surface area (Å²) in [5.74, 6) is 0.848. The van der Waals surface area contributed by atoms with Gasteiger partial charge in [0, 0.05) is 18.3 Å². The van der Waals surface area contributed by atoms with E-state index < -0.39 is 8.32 Å². The second-order valence-corrected chi connectivity index (χ2v) is 17.1. The highest BCUT2D eigenvalue weighted by atomic mass is 32.1. The molecule has 0 unspecified atom stereocenters. The van der Waals surface area contributed by atoms with Gasteiger partial charge in [-0.3, -0.25) is 4.79 Å². The summed E-state index contributed by atoms with van der Waals surface area (Å²) in [7, 11) is -0.436. The van der Waals surface area contributed by atoms with Crippen LogP contribution in [0.2, 0.25) is 18.1 Å². The van der Waals surface area contributed by atoms with Crippen molar-refractivity contribution < 1.29 is 18.7 Å². The predicted octanol–water partition coefficient (Wildman–Crippen LogP) is 7.24. The lowest BCUT2D eigenvalue weighted by Crippen LogP contribution is -2.49. The highest BCUT2D eigenvalue weighted by Crippen LogP contribution is 2.38. The molecule has 0 radical (unpaired) electrons. The Morgan fingerprint density at radius 2 is 1.87 bits per heavy atom. The number of nitrogen functional groups attached to an aromatic ring is 1. The molecule has 39 heavy (non-hydrogen) atoms. The van der Waals surface area contributed by atoms with Crippen LogP contribution in [-0.4, -0.2) is 45.4 Å². The van der Waals surface area contributed by atoms with Crippen molar-refractivity contribution in [2.75, 3.05) is 26.0 Å². The fourth-order valence-corrected chi connectivity index (χ4v) is 6.05. The maximum Gasteiger partial charge on any atom is 0.256 e. The maximum absolute atomic E-state index is 14.0. The molecule has 2 N–H and O–H groups in total. The third-order valence-corrected chi connectivity index (χ3v) is 13.0. The van der Waals surface area contributed by atoms with Crippen molar-refractivity contribution in [3.63, 3.8) is 0 Å². The van der Waals surface area contributed by atoms with Crippen LogP contribution in [0.3, 0.4) is 0 Å². The average molecular weight is 565 g/mol. The lowest BCUT2D eigenvalue weighted by molar-refractivity contribution is 0.0627. The molecule has 0 saturated heterocycles. The van der Waals surface area contributed by atoms with Crippen LogP contribution in [0.1, 0.15) is 48.7 Å². The first-order valence-corrected chi connectivity index (χ1v) is 17.2. The Bertz CT molecular complexity index is 1300. The van der Waals surface area contributed by atoms with Gasteiger partial charge < -0.3 is 24.5 Å². The number of ether oxygens (including phenoxy) is 2. The van der Waals surface area contributed by atoms with Crippen LogP contribution in [-0.2, 0) is 11.0 Å². The summed E-state index contributed by atoms with van der Waals surface area (Å²) < 4.78 is 18.2. The third kappa shape index (κ3) is 6.75. The molecule has 4 rings (SSSR count). The summed E-state index contributed by atoms with van der Waals surface area (Å²) in [5, 5.41) is 4.32. The van der Waals surface area contributed by atoms with Gasteiger partial charge in [0.05, 0.1) is 25.3 Å². The predicted molar refractivity (Wildman–Crippen MR) is 163 cm³/mol. The number of carbonyl (C=O) groups is 1. The molecule has 1 aromatic heterocycles. The van der Waals surface area contributed by atoms with E-state index in [1.165, 1.54) is 11.1 Å². The number of benzene rings is 2. The van der Waals surface area contributed by atoms with E-state index in [-0.39, 0.29) is 17.0 Å². The van der Waals surface area contributed by atoms with Crippen LogP contribution in [0.25, 0.3) is 5.57 Å². The zero-order valence-electron chi connectivity index (χ0n) is 23.8. The number of rotatable bonds is 9. The molecule has 2 heterocycles. The minimum absolute atomic E-state index is 0.0793. The Morgan fingerprint density at radius 1 is 1.13 bits per heavy atom. The quantitative estimate of drug-likeness (QED) is 0.219. The fraction of sp³-hybridized carbons (Fsp3) is 0.387. The Balaban J connectivity index is 1.59. The first-order chi connectivity index (χ1) is 18.5. The molecule has 0 saturated carbocycles. The summed E-state index contributed by atoms with van der Waals surface area (Å²) in [6.07, 6.45) is 2.87. The molecular weight excluding hydrogens is 525 g/mol. The highest BCUT2D eigenvalue weighted by Gasteiger charge is 2.39. The number of hydrogen-bond donors (Lipinski definition) is 1. The van der Waals surface area contributed by atoms with Gasteiger partial charge in [0.25, 0.3) is 5.91 Å². The molecule has 1 aliphatic rings. The highest BCUT2D eigenvalue weighted by molar-refractivity contribution is 7.08. The number of amides is 1. The molecule has 0 fully saturated rings. The Morgan fingerprint density at radius 3 is 2.51 bits per heavy atom. The largest absolute Gasteiger partial charge is 0.493 e. The van der Waals surface area contributed by atoms with Crippen molar-refractivity contribution in [3.8, 4) is 11.5 Å². The van der Waals surface area contributed by atoms with Crippen molar-refractivity contribution in [3.05, 3.63) is 82.1 Å². The van der Waals surface area contributed by atoms with E-state index in [1.807, 2.05) is 35.2 Å². The number of nitrogens with zero attached hydrogens (tertiary/aromatic N) is 1. The molecule has 6 nitrogen and oxygen atoms in total. The molecule has 1 aliphatic heterocycles. The molecule has 8 heteroatoms. The first-order valence-electron chi connectivity index (χ1n) is 13.3. The SMILES string of the molecule is COc1cc(C(=O)N2CC=C(c3ccsc3)C[C@H]2CO[Si](C)(C)C(C)(C)C)c(N)cc1OCc1ccccc1. The van der Waals surface area contributed by atoms with Gasteiger partial charge >= 0.3 is 0 Å². The molecule has 208 valence electrons. The van der Waals surface area contributed by atoms with Gasteiger partial charge in [-0.15, -0.1) is 0 Å². The minimum Gasteiger partial charge on any atom is -0.493 e. The van der Waals surface area contributed by atoms with Crippen molar-refractivity contribution in [1.29, 1.82) is 0 Å². The number of thiophene rings is 1. The number of hydrogen-bond acceptors (Lipinski definition) is 6. The topological polar surface area (TPSA) is 74.0 Å². The zero-order valence-corrected chi connectivity index (χ0v) is 25.6. The summed E-state index contributed by atoms with van der Waals surface area (Å²) in [6, 6.07) is 15.3. The van der Waals surface area contributed by atoms with E-state index in [1.54, 1.807) is 30.6 Å². The van der Waals surface area contributed by atoms with E-state index in [0.717, 1.165) is 12.0 Å². The second-order valence-electron chi connectivity index (χ2n) is 11.5. The monoisotopic (exact) mass is 564 g/mol. The van der Waals surface area contributed by atoms with Gasteiger partial charge in [0.15, 0.2) is 19.8 Å². The van der Waals surface area contributed by atoms with Crippen molar-refractivity contribution in [1.82, 2.24) is 4.90 Å². The van der Waals surface area contributed by atoms with E-state index in [4.69, 9.17) is 19.6 Å². The van der Waals surface area contributed by atoms with Gasteiger partial charge in [-0.2, -0.15) is 11.3 Å². The van der Waals surface area contributed by atoms with E-state index in [2.05, 4.69) is 56.8 Å². The summed E-state index contributed by atoms with van der Waals surface area (Å²) in [6.45, 7) is 12.5. The molecule has 2 aromatic carbocycles. The van der Waals surface area contributed by atoms with Crippen LogP contribution in [0.4, 0.5) is 5.69 Å². The lowest BCUT2D eigenvalue weighted by Gasteiger charge is -2.41. The molecule has 0 aliphatic carbocycles. The van der Waals surface area contributed by atoms with Crippen molar-refractivity contribution >= 4 is 36.8 Å². The number of nitrogens with two attached hydrogens (primary N) is 1. The van der Waals surface area contributed by atoms with Crippen molar-refractivity contribution in [2.45, 2.75) is 58.0 Å².